The second-order valence-corrected chi connectivity index (χ2v) is 7.37. The monoisotopic (exact) mass is 444 g/mol. The third-order valence-electron chi connectivity index (χ3n) is 4.86. The first-order chi connectivity index (χ1) is 15.8. The van der Waals surface area contributed by atoms with Crippen LogP contribution in [0.2, 0.25) is 0 Å². The van der Waals surface area contributed by atoms with Gasteiger partial charge in [-0.2, -0.15) is 0 Å². The summed E-state index contributed by atoms with van der Waals surface area (Å²) in [6.45, 7) is 1.43. The Bertz CT molecular complexity index is 1310. The molecule has 0 unspecified atom stereocenters. The van der Waals surface area contributed by atoms with E-state index in [4.69, 9.17) is 4.42 Å². The number of urea groups is 1. The Morgan fingerprint density at radius 3 is 2.64 bits per heavy atom. The van der Waals surface area contributed by atoms with Crippen LogP contribution in [0.15, 0.2) is 70.8 Å². The van der Waals surface area contributed by atoms with Crippen LogP contribution >= 0.6 is 0 Å². The number of anilines is 1. The molecule has 1 fully saturated rings. The Morgan fingerprint density at radius 2 is 1.88 bits per heavy atom. The van der Waals surface area contributed by atoms with Crippen molar-refractivity contribution in [2.75, 3.05) is 11.9 Å². The number of rotatable bonds is 6. The molecule has 0 radical (unpaired) electrons. The molecule has 0 bridgehead atoms. The molecule has 2 aromatic carbocycles. The first-order valence-corrected chi connectivity index (χ1v) is 9.93. The summed E-state index contributed by atoms with van der Waals surface area (Å²) in [4.78, 5) is 49.0. The summed E-state index contributed by atoms with van der Waals surface area (Å²) in [5, 5.41) is 16.1. The molecule has 0 spiro atoms. The summed E-state index contributed by atoms with van der Waals surface area (Å²) in [6.07, 6.45) is 1.34. The molecule has 0 saturated carbocycles. The first-order valence-electron chi connectivity index (χ1n) is 9.93. The van der Waals surface area contributed by atoms with E-state index >= 15 is 0 Å². The van der Waals surface area contributed by atoms with Crippen molar-refractivity contribution in [1.82, 2.24) is 10.2 Å². The molecule has 2 heterocycles. The van der Waals surface area contributed by atoms with Crippen LogP contribution in [0, 0.1) is 6.92 Å². The van der Waals surface area contributed by atoms with Gasteiger partial charge in [-0.1, -0.05) is 30.3 Å². The predicted molar refractivity (Wildman–Crippen MR) is 117 cm³/mol. The molecule has 166 valence electrons. The zero-order valence-corrected chi connectivity index (χ0v) is 17.5. The number of nitrogens with zero attached hydrogens (tertiary/aromatic N) is 1. The fourth-order valence-electron chi connectivity index (χ4n) is 3.31. The van der Waals surface area contributed by atoms with Crippen LogP contribution < -0.4 is 15.7 Å². The summed E-state index contributed by atoms with van der Waals surface area (Å²) < 4.78 is 5.67. The molecule has 9 heteroatoms. The van der Waals surface area contributed by atoms with Gasteiger partial charge in [-0.15, -0.1) is 0 Å². The average molecular weight is 444 g/mol. The smallest absolute Gasteiger partial charge is 0.329 e. The number of benzene rings is 2. The maximum Gasteiger partial charge on any atom is 0.329 e. The van der Waals surface area contributed by atoms with E-state index in [2.05, 4.69) is 10.6 Å². The second kappa shape index (κ2) is 8.83. The molecule has 1 aliphatic rings. The minimum atomic E-state index is -1.31. The minimum absolute atomic E-state index is 0.00150. The van der Waals surface area contributed by atoms with Crippen molar-refractivity contribution < 1.29 is 28.7 Å². The molecule has 4 amide bonds. The van der Waals surface area contributed by atoms with Crippen LogP contribution in [-0.2, 0) is 9.59 Å². The van der Waals surface area contributed by atoms with Crippen molar-refractivity contribution in [3.05, 3.63) is 83.2 Å². The highest BCUT2D eigenvalue weighted by atomic mass is 16.4. The lowest BCUT2D eigenvalue weighted by Crippen LogP contribution is -2.38. The van der Waals surface area contributed by atoms with E-state index in [0.29, 0.717) is 17.0 Å². The lowest BCUT2D eigenvalue weighted by atomic mass is 10.1. The van der Waals surface area contributed by atoms with Crippen LogP contribution in [0.25, 0.3) is 17.4 Å². The number of carboxylic acids is 1. The maximum atomic E-state index is 12.6. The van der Waals surface area contributed by atoms with E-state index in [1.807, 2.05) is 13.0 Å². The molecule has 1 aliphatic heterocycles. The number of furan rings is 1. The third-order valence-corrected chi connectivity index (χ3v) is 4.86. The summed E-state index contributed by atoms with van der Waals surface area (Å²) in [5.74, 6) is -1.86. The summed E-state index contributed by atoms with van der Waals surface area (Å²) in [7, 11) is 0. The summed E-state index contributed by atoms with van der Waals surface area (Å²) in [5.41, 5.74) is 1.98. The van der Waals surface area contributed by atoms with Crippen LogP contribution in [0.3, 0.4) is 0 Å². The average Bonchev–Trinajstić information content (AvgIpc) is 3.34. The topological polar surface area (TPSA) is 132 Å². The molecule has 1 aromatic heterocycles. The van der Waals surface area contributed by atoms with Crippen LogP contribution in [-0.4, -0.2) is 35.3 Å². The number of aryl methyl sites for hydroxylation is 1. The Morgan fingerprint density at radius 1 is 1.09 bits per heavy atom. The Labute approximate surface area is 188 Å². The number of carbonyl (C=O) groups is 4. The van der Waals surface area contributed by atoms with Gasteiger partial charge in [-0.25, -0.2) is 9.69 Å². The lowest BCUT2D eigenvalue weighted by molar-refractivity contribution is -0.255. The van der Waals surface area contributed by atoms with Crippen molar-refractivity contribution in [3.8, 4) is 11.3 Å². The molecule has 3 aromatic rings. The van der Waals surface area contributed by atoms with E-state index in [1.54, 1.807) is 42.5 Å². The molecule has 9 nitrogen and oxygen atoms in total. The minimum Gasteiger partial charge on any atom is -0.545 e. The van der Waals surface area contributed by atoms with Gasteiger partial charge in [0.2, 0.25) is 5.91 Å². The van der Waals surface area contributed by atoms with Gasteiger partial charge in [-0.3, -0.25) is 9.59 Å². The maximum absolute atomic E-state index is 12.6. The number of nitrogens with one attached hydrogen (secondary N) is 2. The van der Waals surface area contributed by atoms with Crippen molar-refractivity contribution in [1.29, 1.82) is 0 Å². The molecular formula is C24H18N3O6-. The third kappa shape index (κ3) is 4.82. The van der Waals surface area contributed by atoms with Crippen LogP contribution in [0.4, 0.5) is 10.5 Å². The second-order valence-electron chi connectivity index (χ2n) is 7.37. The number of imide groups is 1. The van der Waals surface area contributed by atoms with Gasteiger partial charge in [0.25, 0.3) is 5.91 Å². The number of aromatic carboxylic acids is 1. The van der Waals surface area contributed by atoms with Crippen molar-refractivity contribution >= 4 is 35.6 Å². The van der Waals surface area contributed by atoms with Gasteiger partial charge in [0.1, 0.15) is 23.8 Å². The number of carbonyl (C=O) groups excluding carboxylic acids is 4. The molecule has 33 heavy (non-hydrogen) atoms. The van der Waals surface area contributed by atoms with Gasteiger partial charge < -0.3 is 25.0 Å². The van der Waals surface area contributed by atoms with Crippen LogP contribution in [0.1, 0.15) is 21.7 Å². The highest BCUT2D eigenvalue weighted by molar-refractivity contribution is 6.15. The zero-order valence-electron chi connectivity index (χ0n) is 17.5. The SMILES string of the molecule is Cc1cccc(NC(=O)CN2C(=O)NC(=Cc3ccc(-c4cccc(C(=O)[O-])c4)o3)C2=O)c1. The fraction of sp³-hybridized carbons (Fsp3) is 0.0833. The molecule has 0 atom stereocenters. The van der Waals surface area contributed by atoms with E-state index in [1.165, 1.54) is 18.2 Å². The van der Waals surface area contributed by atoms with Gasteiger partial charge in [0.05, 0.1) is 5.97 Å². The van der Waals surface area contributed by atoms with E-state index < -0.39 is 30.4 Å². The largest absolute Gasteiger partial charge is 0.545 e. The van der Waals surface area contributed by atoms with Crippen molar-refractivity contribution in [3.63, 3.8) is 0 Å². The highest BCUT2D eigenvalue weighted by Crippen LogP contribution is 2.25. The molecule has 1 saturated heterocycles. The number of hydrogen-bond donors (Lipinski definition) is 2. The fourth-order valence-corrected chi connectivity index (χ4v) is 3.31. The molecule has 2 N–H and O–H groups in total. The van der Waals surface area contributed by atoms with Crippen molar-refractivity contribution in [2.45, 2.75) is 6.92 Å². The van der Waals surface area contributed by atoms with Gasteiger partial charge >= 0.3 is 6.03 Å². The zero-order chi connectivity index (χ0) is 23.5. The number of hydrogen-bond acceptors (Lipinski definition) is 6. The first kappa shape index (κ1) is 21.6. The standard InChI is InChI=1S/C24H19N3O6/c1-14-4-2-7-17(10-14)25-21(28)13-27-22(29)19(26-24(27)32)12-18-8-9-20(33-18)15-5-3-6-16(11-15)23(30)31/h2-12H,13H2,1H3,(H,25,28)(H,26,32)(H,30,31)/p-1. The van der Waals surface area contributed by atoms with Gasteiger partial charge in [0.15, 0.2) is 0 Å². The summed E-state index contributed by atoms with van der Waals surface area (Å²) >= 11 is 0. The number of amides is 4. The van der Waals surface area contributed by atoms with Gasteiger partial charge in [0, 0.05) is 17.3 Å². The Balaban J connectivity index is 1.46. The lowest BCUT2D eigenvalue weighted by Gasteiger charge is -2.12. The Kier molecular flexibility index (Phi) is 5.77. The molecule has 4 rings (SSSR count). The van der Waals surface area contributed by atoms with E-state index in [9.17, 15) is 24.3 Å². The van der Waals surface area contributed by atoms with Crippen LogP contribution in [0.5, 0.6) is 0 Å². The van der Waals surface area contributed by atoms with E-state index in [0.717, 1.165) is 10.5 Å². The molecule has 0 aliphatic carbocycles. The van der Waals surface area contributed by atoms with Crippen molar-refractivity contribution in [2.24, 2.45) is 0 Å². The number of carboxylic acid groups (broad SMARTS) is 1. The highest BCUT2D eigenvalue weighted by Gasteiger charge is 2.35. The van der Waals surface area contributed by atoms with Gasteiger partial charge in [-0.05, 0) is 48.4 Å². The summed E-state index contributed by atoms with van der Waals surface area (Å²) in [6, 6.07) is 15.6. The quantitative estimate of drug-likeness (QED) is 0.442. The normalized spacial score (nSPS) is 14.5. The molecular weight excluding hydrogens is 426 g/mol. The predicted octanol–water partition coefficient (Wildman–Crippen LogP) is 2.15. The van der Waals surface area contributed by atoms with E-state index in [-0.39, 0.29) is 17.0 Å². The Hall–Kier alpha value is -4.66.